The molecule has 1 N–H and O–H groups in total. The second-order valence-corrected chi connectivity index (χ2v) is 5.78. The van der Waals surface area contributed by atoms with Crippen LogP contribution >= 0.6 is 11.6 Å². The van der Waals surface area contributed by atoms with Crippen LogP contribution in [-0.4, -0.2) is 8.42 Å². The van der Waals surface area contributed by atoms with E-state index in [0.717, 1.165) is 12.1 Å². The van der Waals surface area contributed by atoms with Crippen LogP contribution in [0.1, 0.15) is 0 Å². The van der Waals surface area contributed by atoms with E-state index in [1.54, 1.807) is 6.07 Å². The third-order valence-electron chi connectivity index (χ3n) is 2.26. The number of rotatable bonds is 3. The van der Waals surface area contributed by atoms with Crippen LogP contribution < -0.4 is 4.72 Å². The van der Waals surface area contributed by atoms with Gasteiger partial charge in [0.1, 0.15) is 16.5 Å². The molecule has 0 bridgehead atoms. The van der Waals surface area contributed by atoms with Crippen molar-refractivity contribution in [2.45, 2.75) is 4.90 Å². The number of sulfonamides is 1. The fraction of sp³-hybridized carbons (Fsp3) is 0. The van der Waals surface area contributed by atoms with Crippen LogP contribution in [-0.2, 0) is 10.0 Å². The van der Waals surface area contributed by atoms with Crippen molar-refractivity contribution in [3.8, 4) is 0 Å². The molecule has 0 fully saturated rings. The van der Waals surface area contributed by atoms with Crippen LogP contribution in [0.5, 0.6) is 0 Å². The number of benzene rings is 2. The van der Waals surface area contributed by atoms with Crippen molar-refractivity contribution < 1.29 is 17.2 Å². The molecule has 2 aromatic rings. The van der Waals surface area contributed by atoms with Crippen LogP contribution in [0.3, 0.4) is 0 Å². The van der Waals surface area contributed by atoms with Gasteiger partial charge in [0, 0.05) is 5.02 Å². The molecule has 0 spiro atoms. The fourth-order valence-corrected chi connectivity index (χ4v) is 2.78. The Kier molecular flexibility index (Phi) is 3.73. The van der Waals surface area contributed by atoms with Gasteiger partial charge in [-0.2, -0.15) is 0 Å². The topological polar surface area (TPSA) is 46.2 Å². The van der Waals surface area contributed by atoms with Gasteiger partial charge in [-0.15, -0.1) is 0 Å². The second kappa shape index (κ2) is 5.14. The second-order valence-electron chi connectivity index (χ2n) is 3.69. The quantitative estimate of drug-likeness (QED) is 0.944. The minimum atomic E-state index is -4.21. The molecule has 0 atom stereocenters. The molecule has 3 nitrogen and oxygen atoms in total. The highest BCUT2D eigenvalue weighted by Crippen LogP contribution is 2.21. The van der Waals surface area contributed by atoms with E-state index in [9.17, 15) is 17.2 Å². The van der Waals surface area contributed by atoms with E-state index >= 15 is 0 Å². The van der Waals surface area contributed by atoms with Crippen molar-refractivity contribution in [3.63, 3.8) is 0 Å². The normalized spacial score (nSPS) is 11.3. The van der Waals surface area contributed by atoms with Crippen molar-refractivity contribution >= 4 is 27.3 Å². The first kappa shape index (κ1) is 13.8. The lowest BCUT2D eigenvalue weighted by Gasteiger charge is -2.09. The summed E-state index contributed by atoms with van der Waals surface area (Å²) in [5, 5.41) is 0.319. The van der Waals surface area contributed by atoms with Crippen LogP contribution in [0.4, 0.5) is 14.5 Å². The van der Waals surface area contributed by atoms with E-state index in [-0.39, 0.29) is 5.69 Å². The predicted molar refractivity (Wildman–Crippen MR) is 68.6 cm³/mol. The Morgan fingerprint density at radius 1 is 1.05 bits per heavy atom. The Bertz CT molecular complexity index is 719. The average molecular weight is 304 g/mol. The summed E-state index contributed by atoms with van der Waals surface area (Å²) in [4.78, 5) is -0.757. The molecule has 2 aromatic carbocycles. The summed E-state index contributed by atoms with van der Waals surface area (Å²) in [6, 6.07) is 8.10. The Morgan fingerprint density at radius 3 is 2.47 bits per heavy atom. The Labute approximate surface area is 113 Å². The average Bonchev–Trinajstić information content (AvgIpc) is 2.31. The molecule has 0 unspecified atom stereocenters. The highest BCUT2D eigenvalue weighted by Gasteiger charge is 2.20. The van der Waals surface area contributed by atoms with Crippen LogP contribution in [0.2, 0.25) is 5.02 Å². The highest BCUT2D eigenvalue weighted by molar-refractivity contribution is 7.92. The fourth-order valence-electron chi connectivity index (χ4n) is 1.45. The molecule has 2 rings (SSSR count). The van der Waals surface area contributed by atoms with Gasteiger partial charge in [0.05, 0.1) is 5.69 Å². The van der Waals surface area contributed by atoms with Gasteiger partial charge in [-0.05, 0) is 36.4 Å². The van der Waals surface area contributed by atoms with Crippen molar-refractivity contribution in [1.82, 2.24) is 0 Å². The van der Waals surface area contributed by atoms with Crippen molar-refractivity contribution in [2.75, 3.05) is 4.72 Å². The highest BCUT2D eigenvalue weighted by atomic mass is 35.5. The number of hydrogen-bond donors (Lipinski definition) is 1. The summed E-state index contributed by atoms with van der Waals surface area (Å²) >= 11 is 5.71. The van der Waals surface area contributed by atoms with E-state index < -0.39 is 26.6 Å². The van der Waals surface area contributed by atoms with Gasteiger partial charge in [0.2, 0.25) is 0 Å². The molecular formula is C12H8ClF2NO2S. The van der Waals surface area contributed by atoms with Gasteiger partial charge in [0.25, 0.3) is 10.0 Å². The summed E-state index contributed by atoms with van der Waals surface area (Å²) in [6.45, 7) is 0. The molecule has 0 saturated carbocycles. The molecule has 0 saturated heterocycles. The number of halogens is 3. The molecule has 0 amide bonds. The van der Waals surface area contributed by atoms with Crippen molar-refractivity contribution in [3.05, 3.63) is 59.1 Å². The molecule has 19 heavy (non-hydrogen) atoms. The summed E-state index contributed by atoms with van der Waals surface area (Å²) in [7, 11) is -4.21. The molecule has 7 heteroatoms. The number of nitrogens with one attached hydrogen (secondary N) is 1. The first-order chi connectivity index (χ1) is 8.88. The molecule has 0 aliphatic heterocycles. The lowest BCUT2D eigenvalue weighted by atomic mass is 10.3. The molecule has 0 aliphatic carbocycles. The summed E-state index contributed by atoms with van der Waals surface area (Å²) in [5.41, 5.74) is 0.163. The molecule has 0 heterocycles. The van der Waals surface area contributed by atoms with Gasteiger partial charge in [-0.3, -0.25) is 4.72 Å². The maximum absolute atomic E-state index is 13.4. The molecule has 100 valence electrons. The molecular weight excluding hydrogens is 296 g/mol. The minimum Gasteiger partial charge on any atom is -0.279 e. The molecule has 0 aliphatic rings. The lowest BCUT2D eigenvalue weighted by molar-refractivity contribution is 0.555. The van der Waals surface area contributed by atoms with E-state index in [4.69, 9.17) is 11.6 Å². The molecule has 0 aromatic heterocycles. The zero-order valence-electron chi connectivity index (χ0n) is 9.40. The third kappa shape index (κ3) is 3.21. The van der Waals surface area contributed by atoms with E-state index in [1.165, 1.54) is 18.2 Å². The maximum atomic E-state index is 13.4. The van der Waals surface area contributed by atoms with Crippen LogP contribution in [0, 0.1) is 11.6 Å². The van der Waals surface area contributed by atoms with E-state index in [0.29, 0.717) is 11.1 Å². The summed E-state index contributed by atoms with van der Waals surface area (Å²) in [5.74, 6) is -1.87. The SMILES string of the molecule is O=S(=O)(Nc1cccc(Cl)c1)c1cc(F)ccc1F. The molecule has 0 radical (unpaired) electrons. The van der Waals surface area contributed by atoms with Gasteiger partial charge in [0.15, 0.2) is 0 Å². The lowest BCUT2D eigenvalue weighted by Crippen LogP contribution is -2.14. The van der Waals surface area contributed by atoms with Crippen molar-refractivity contribution in [1.29, 1.82) is 0 Å². The van der Waals surface area contributed by atoms with E-state index in [2.05, 4.69) is 4.72 Å². The van der Waals surface area contributed by atoms with Gasteiger partial charge in [-0.1, -0.05) is 17.7 Å². The summed E-state index contributed by atoms with van der Waals surface area (Å²) < 4.78 is 52.4. The maximum Gasteiger partial charge on any atom is 0.264 e. The minimum absolute atomic E-state index is 0.163. The van der Waals surface area contributed by atoms with Crippen molar-refractivity contribution in [2.24, 2.45) is 0 Å². The van der Waals surface area contributed by atoms with Gasteiger partial charge >= 0.3 is 0 Å². The zero-order valence-corrected chi connectivity index (χ0v) is 11.0. The monoisotopic (exact) mass is 303 g/mol. The predicted octanol–water partition coefficient (Wildman–Crippen LogP) is 3.42. The first-order valence-corrected chi connectivity index (χ1v) is 6.98. The number of hydrogen-bond acceptors (Lipinski definition) is 2. The largest absolute Gasteiger partial charge is 0.279 e. The smallest absolute Gasteiger partial charge is 0.264 e. The Hall–Kier alpha value is -1.66. The summed E-state index contributed by atoms with van der Waals surface area (Å²) in [6.07, 6.45) is 0. The standard InChI is InChI=1S/C12H8ClF2NO2S/c13-8-2-1-3-10(6-8)16-19(17,18)12-7-9(14)4-5-11(12)15/h1-7,16H. The zero-order chi connectivity index (χ0) is 14.0. The third-order valence-corrected chi connectivity index (χ3v) is 3.89. The Balaban J connectivity index is 2.40. The van der Waals surface area contributed by atoms with Gasteiger partial charge in [-0.25, -0.2) is 17.2 Å². The first-order valence-electron chi connectivity index (χ1n) is 5.12. The van der Waals surface area contributed by atoms with Gasteiger partial charge < -0.3 is 0 Å². The Morgan fingerprint density at radius 2 is 1.79 bits per heavy atom. The number of anilines is 1. The van der Waals surface area contributed by atoms with E-state index in [1.807, 2.05) is 0 Å². The van der Waals surface area contributed by atoms with Crippen LogP contribution in [0.25, 0.3) is 0 Å². The van der Waals surface area contributed by atoms with Crippen LogP contribution in [0.15, 0.2) is 47.4 Å².